The first kappa shape index (κ1) is 13.5. The van der Waals surface area contributed by atoms with Gasteiger partial charge < -0.3 is 23.7 Å². The lowest BCUT2D eigenvalue weighted by Crippen LogP contribution is -2.30. The molecule has 0 N–H and O–H groups in total. The van der Waals surface area contributed by atoms with Crippen molar-refractivity contribution >= 4 is 0 Å². The summed E-state index contributed by atoms with van der Waals surface area (Å²) in [7, 11) is 3.21. The molecule has 0 aromatic rings. The number of ether oxygens (including phenoxy) is 5. The van der Waals surface area contributed by atoms with Crippen LogP contribution in [0.5, 0.6) is 0 Å². The molecule has 5 nitrogen and oxygen atoms in total. The molecular weight excluding hydrogens is 236 g/mol. The van der Waals surface area contributed by atoms with Crippen molar-refractivity contribution < 1.29 is 23.7 Å². The molecule has 2 saturated heterocycles. The third-order valence-electron chi connectivity index (χ3n) is 2.91. The highest BCUT2D eigenvalue weighted by Gasteiger charge is 2.54. The van der Waals surface area contributed by atoms with Crippen molar-refractivity contribution in [2.24, 2.45) is 0 Å². The number of fused-ring (bicyclic) bond motifs is 1. The van der Waals surface area contributed by atoms with E-state index in [1.165, 1.54) is 0 Å². The van der Waals surface area contributed by atoms with Gasteiger partial charge in [-0.2, -0.15) is 0 Å². The van der Waals surface area contributed by atoms with Crippen LogP contribution in [-0.4, -0.2) is 44.6 Å². The highest BCUT2D eigenvalue weighted by Crippen LogP contribution is 2.39. The molecule has 102 valence electrons. The third kappa shape index (κ3) is 2.75. The van der Waals surface area contributed by atoms with Crippen molar-refractivity contribution in [3.63, 3.8) is 0 Å². The molecule has 0 aromatic carbocycles. The highest BCUT2D eigenvalue weighted by atomic mass is 16.8. The molecule has 0 saturated carbocycles. The van der Waals surface area contributed by atoms with Crippen LogP contribution < -0.4 is 0 Å². The SMILES string of the molecule is CO/C=C/C=C/C1O[C@H](OC)[C@H]2OC(C)(C)O[C@@H]12. The van der Waals surface area contributed by atoms with Crippen molar-refractivity contribution in [2.75, 3.05) is 14.2 Å². The number of rotatable bonds is 4. The molecule has 0 aliphatic carbocycles. The minimum Gasteiger partial charge on any atom is -0.504 e. The Labute approximate surface area is 107 Å². The van der Waals surface area contributed by atoms with E-state index < -0.39 is 12.1 Å². The molecule has 2 aliphatic rings. The van der Waals surface area contributed by atoms with Crippen LogP contribution in [-0.2, 0) is 23.7 Å². The van der Waals surface area contributed by atoms with E-state index in [0.717, 1.165) is 0 Å². The van der Waals surface area contributed by atoms with Crippen LogP contribution in [0.2, 0.25) is 0 Å². The second-order valence-electron chi connectivity index (χ2n) is 4.72. The van der Waals surface area contributed by atoms with Gasteiger partial charge in [0.25, 0.3) is 0 Å². The zero-order valence-electron chi connectivity index (χ0n) is 11.2. The molecular formula is C13H20O5. The topological polar surface area (TPSA) is 46.2 Å². The van der Waals surface area contributed by atoms with Gasteiger partial charge in [0.2, 0.25) is 0 Å². The lowest BCUT2D eigenvalue weighted by Gasteiger charge is -2.22. The van der Waals surface area contributed by atoms with Gasteiger partial charge in [-0.15, -0.1) is 0 Å². The van der Waals surface area contributed by atoms with E-state index in [9.17, 15) is 0 Å². The molecule has 2 heterocycles. The zero-order valence-corrected chi connectivity index (χ0v) is 11.2. The lowest BCUT2D eigenvalue weighted by molar-refractivity contribution is -0.221. The smallest absolute Gasteiger partial charge is 0.187 e. The van der Waals surface area contributed by atoms with E-state index in [4.69, 9.17) is 23.7 Å². The minimum atomic E-state index is -0.593. The molecule has 0 bridgehead atoms. The van der Waals surface area contributed by atoms with Gasteiger partial charge in [0, 0.05) is 7.11 Å². The van der Waals surface area contributed by atoms with Gasteiger partial charge in [-0.05, 0) is 19.9 Å². The highest BCUT2D eigenvalue weighted by molar-refractivity contribution is 5.09. The summed E-state index contributed by atoms with van der Waals surface area (Å²) in [5.41, 5.74) is 0. The summed E-state index contributed by atoms with van der Waals surface area (Å²) in [6.45, 7) is 3.78. The molecule has 4 atom stereocenters. The Morgan fingerprint density at radius 1 is 1.06 bits per heavy atom. The maximum absolute atomic E-state index is 5.84. The van der Waals surface area contributed by atoms with Crippen LogP contribution >= 0.6 is 0 Å². The van der Waals surface area contributed by atoms with E-state index in [1.807, 2.05) is 26.0 Å². The molecule has 5 heteroatoms. The zero-order chi connectivity index (χ0) is 13.2. The number of allylic oxidation sites excluding steroid dienone is 2. The summed E-state index contributed by atoms with van der Waals surface area (Å²) in [4.78, 5) is 0. The van der Waals surface area contributed by atoms with Gasteiger partial charge in [0.15, 0.2) is 12.1 Å². The second-order valence-corrected chi connectivity index (χ2v) is 4.72. The molecule has 18 heavy (non-hydrogen) atoms. The fourth-order valence-corrected chi connectivity index (χ4v) is 2.23. The lowest BCUT2D eigenvalue weighted by atomic mass is 10.1. The fraction of sp³-hybridized carbons (Fsp3) is 0.692. The predicted molar refractivity (Wildman–Crippen MR) is 64.8 cm³/mol. The Balaban J connectivity index is 2.04. The first-order valence-corrected chi connectivity index (χ1v) is 5.97. The largest absolute Gasteiger partial charge is 0.504 e. The van der Waals surface area contributed by atoms with Crippen LogP contribution in [0.1, 0.15) is 13.8 Å². The average Bonchev–Trinajstić information content (AvgIpc) is 2.78. The normalized spacial score (nSPS) is 38.7. The molecule has 1 unspecified atom stereocenters. The van der Waals surface area contributed by atoms with Gasteiger partial charge >= 0.3 is 0 Å². The van der Waals surface area contributed by atoms with Gasteiger partial charge in [-0.3, -0.25) is 0 Å². The Hall–Kier alpha value is -0.880. The summed E-state index contributed by atoms with van der Waals surface area (Å²) in [6.07, 6.45) is 6.25. The molecule has 0 aromatic heterocycles. The molecule has 0 radical (unpaired) electrons. The number of methoxy groups -OCH3 is 2. The van der Waals surface area contributed by atoms with Crippen molar-refractivity contribution in [3.8, 4) is 0 Å². The Kier molecular flexibility index (Phi) is 4.07. The summed E-state index contributed by atoms with van der Waals surface area (Å²) >= 11 is 0. The summed E-state index contributed by atoms with van der Waals surface area (Å²) < 4.78 is 27.4. The summed E-state index contributed by atoms with van der Waals surface area (Å²) in [6, 6.07) is 0. The summed E-state index contributed by atoms with van der Waals surface area (Å²) in [5.74, 6) is -0.593. The van der Waals surface area contributed by atoms with Crippen LogP contribution in [0.15, 0.2) is 24.5 Å². The summed E-state index contributed by atoms with van der Waals surface area (Å²) in [5, 5.41) is 0. The van der Waals surface area contributed by atoms with E-state index in [2.05, 4.69) is 0 Å². The van der Waals surface area contributed by atoms with E-state index in [-0.39, 0.29) is 18.3 Å². The molecule has 0 amide bonds. The van der Waals surface area contributed by atoms with E-state index >= 15 is 0 Å². The quantitative estimate of drug-likeness (QED) is 0.564. The molecule has 2 fully saturated rings. The fourth-order valence-electron chi connectivity index (χ4n) is 2.23. The van der Waals surface area contributed by atoms with Gasteiger partial charge in [-0.25, -0.2) is 0 Å². The van der Waals surface area contributed by atoms with E-state index in [1.54, 1.807) is 26.6 Å². The minimum absolute atomic E-state index is 0.142. The van der Waals surface area contributed by atoms with Crippen LogP contribution in [0.4, 0.5) is 0 Å². The van der Waals surface area contributed by atoms with Crippen molar-refractivity contribution in [1.82, 2.24) is 0 Å². The monoisotopic (exact) mass is 256 g/mol. The Bertz CT molecular complexity index is 336. The first-order chi connectivity index (χ1) is 8.57. The van der Waals surface area contributed by atoms with Gasteiger partial charge in [0.05, 0.1) is 13.4 Å². The van der Waals surface area contributed by atoms with Crippen molar-refractivity contribution in [2.45, 2.75) is 44.2 Å². The first-order valence-electron chi connectivity index (χ1n) is 5.97. The molecule has 0 spiro atoms. The number of hydrogen-bond acceptors (Lipinski definition) is 5. The van der Waals surface area contributed by atoms with Crippen LogP contribution in [0.3, 0.4) is 0 Å². The van der Waals surface area contributed by atoms with Gasteiger partial charge in [0.1, 0.15) is 18.3 Å². The maximum atomic E-state index is 5.84. The average molecular weight is 256 g/mol. The van der Waals surface area contributed by atoms with Crippen LogP contribution in [0, 0.1) is 0 Å². The van der Waals surface area contributed by atoms with Crippen molar-refractivity contribution in [1.29, 1.82) is 0 Å². The third-order valence-corrected chi connectivity index (χ3v) is 2.91. The van der Waals surface area contributed by atoms with Gasteiger partial charge in [-0.1, -0.05) is 12.2 Å². The predicted octanol–water partition coefficient (Wildman–Crippen LogP) is 1.59. The molecule has 2 rings (SSSR count). The van der Waals surface area contributed by atoms with Crippen molar-refractivity contribution in [3.05, 3.63) is 24.5 Å². The second kappa shape index (κ2) is 5.40. The van der Waals surface area contributed by atoms with E-state index in [0.29, 0.717) is 0 Å². The maximum Gasteiger partial charge on any atom is 0.187 e. The Morgan fingerprint density at radius 2 is 1.78 bits per heavy atom. The number of hydrogen-bond donors (Lipinski definition) is 0. The van der Waals surface area contributed by atoms with Crippen LogP contribution in [0.25, 0.3) is 0 Å². The Morgan fingerprint density at radius 3 is 2.44 bits per heavy atom. The standard InChI is InChI=1S/C13H20O5/c1-13(2)17-10-9(7-5-6-8-14-3)16-12(15-4)11(10)18-13/h5-12H,1-4H3/b7-5+,8-6+/t9?,10-,11-,12-/m0/s1. The molecule has 2 aliphatic heterocycles.